The number of hydrogen-bond donors (Lipinski definition) is 2. The number of pyridine rings is 1. The molecule has 1 aromatic heterocycles. The van der Waals surface area contributed by atoms with Gasteiger partial charge in [-0.1, -0.05) is 0 Å². The lowest BCUT2D eigenvalue weighted by molar-refractivity contribution is -0.00166. The van der Waals surface area contributed by atoms with Crippen molar-refractivity contribution in [2.45, 2.75) is 31.4 Å². The number of rotatable bonds is 0. The van der Waals surface area contributed by atoms with Crippen LogP contribution < -0.4 is 10.1 Å². The summed E-state index contributed by atoms with van der Waals surface area (Å²) in [5.74, 6) is 0.876. The Hall–Kier alpha value is -1.29. The maximum atomic E-state index is 9.29. The molecule has 2 N–H and O–H groups in total. The molecule has 0 radical (unpaired) electrons. The van der Waals surface area contributed by atoms with Crippen LogP contribution in [-0.2, 0) is 6.54 Å². The van der Waals surface area contributed by atoms with E-state index in [1.54, 1.807) is 6.07 Å². The van der Waals surface area contributed by atoms with Crippen LogP contribution in [0.4, 0.5) is 0 Å². The van der Waals surface area contributed by atoms with E-state index in [0.717, 1.165) is 30.8 Å². The molecule has 80 valence electrons. The second kappa shape index (κ2) is 3.10. The molecule has 0 atom stereocenters. The second-order valence-corrected chi connectivity index (χ2v) is 4.36. The first-order valence-corrected chi connectivity index (χ1v) is 5.36. The molecule has 0 amide bonds. The molecule has 2 heterocycles. The van der Waals surface area contributed by atoms with Crippen molar-refractivity contribution in [1.82, 2.24) is 10.3 Å². The van der Waals surface area contributed by atoms with Crippen molar-refractivity contribution in [2.24, 2.45) is 0 Å². The molecule has 3 rings (SSSR count). The Bertz CT molecular complexity index is 388. The highest BCUT2D eigenvalue weighted by Crippen LogP contribution is 2.38. The van der Waals surface area contributed by atoms with Crippen LogP contribution >= 0.6 is 0 Å². The van der Waals surface area contributed by atoms with E-state index in [1.165, 1.54) is 6.42 Å². The number of nitrogens with one attached hydrogen (secondary N) is 1. The van der Waals surface area contributed by atoms with Crippen LogP contribution in [0.15, 0.2) is 12.1 Å². The quantitative estimate of drug-likeness (QED) is 0.669. The number of nitrogens with zero attached hydrogens (tertiary/aromatic N) is 1. The first kappa shape index (κ1) is 8.97. The summed E-state index contributed by atoms with van der Waals surface area (Å²) in [6.45, 7) is 1.55. The largest absolute Gasteiger partial charge is 0.493 e. The van der Waals surface area contributed by atoms with E-state index in [9.17, 15) is 5.11 Å². The zero-order valence-corrected chi connectivity index (χ0v) is 8.49. The molecule has 1 aliphatic heterocycles. The predicted molar refractivity (Wildman–Crippen MR) is 54.8 cm³/mol. The smallest absolute Gasteiger partial charge is 0.211 e. The van der Waals surface area contributed by atoms with Gasteiger partial charge >= 0.3 is 0 Å². The summed E-state index contributed by atoms with van der Waals surface area (Å²) in [4.78, 5) is 4.07. The van der Waals surface area contributed by atoms with Crippen molar-refractivity contribution >= 4 is 0 Å². The highest BCUT2D eigenvalue weighted by atomic mass is 16.5. The molecule has 4 nitrogen and oxygen atoms in total. The monoisotopic (exact) mass is 206 g/mol. The molecular weight excluding hydrogens is 192 g/mol. The van der Waals surface area contributed by atoms with Crippen molar-refractivity contribution in [3.05, 3.63) is 17.8 Å². The van der Waals surface area contributed by atoms with Crippen LogP contribution in [0.3, 0.4) is 0 Å². The zero-order valence-electron chi connectivity index (χ0n) is 8.49. The van der Waals surface area contributed by atoms with Gasteiger partial charge in [0.1, 0.15) is 17.0 Å². The van der Waals surface area contributed by atoms with Crippen molar-refractivity contribution in [3.63, 3.8) is 0 Å². The molecule has 2 aliphatic rings. The summed E-state index contributed by atoms with van der Waals surface area (Å²) in [6.07, 6.45) is 3.46. The van der Waals surface area contributed by atoms with Gasteiger partial charge in [-0.15, -0.1) is 0 Å². The van der Waals surface area contributed by atoms with Crippen molar-refractivity contribution in [1.29, 1.82) is 0 Å². The van der Waals surface area contributed by atoms with Crippen molar-refractivity contribution in [2.75, 3.05) is 6.54 Å². The van der Waals surface area contributed by atoms with E-state index < -0.39 is 0 Å². The highest BCUT2D eigenvalue weighted by molar-refractivity contribution is 5.33. The summed E-state index contributed by atoms with van der Waals surface area (Å²) in [5.41, 5.74) is 0.794. The lowest BCUT2D eigenvalue weighted by Crippen LogP contribution is -2.49. The predicted octanol–water partition coefficient (Wildman–Crippen LogP) is 1.19. The van der Waals surface area contributed by atoms with Gasteiger partial charge in [0.2, 0.25) is 5.88 Å². The second-order valence-electron chi connectivity index (χ2n) is 4.36. The van der Waals surface area contributed by atoms with Gasteiger partial charge in [-0.25, -0.2) is 4.98 Å². The van der Waals surface area contributed by atoms with E-state index in [2.05, 4.69) is 10.3 Å². The third-order valence-corrected chi connectivity index (χ3v) is 3.25. The fourth-order valence-electron chi connectivity index (χ4n) is 2.22. The lowest BCUT2D eigenvalue weighted by atomic mass is 9.80. The van der Waals surface area contributed by atoms with Gasteiger partial charge in [-0.3, -0.25) is 0 Å². The number of fused-ring (bicyclic) bond motifs is 1. The molecule has 1 spiro atoms. The summed E-state index contributed by atoms with van der Waals surface area (Å²) < 4.78 is 6.00. The average Bonchev–Trinajstić information content (AvgIpc) is 2.35. The van der Waals surface area contributed by atoms with Crippen LogP contribution in [0.5, 0.6) is 11.6 Å². The minimum atomic E-state index is -0.0100. The zero-order chi connectivity index (χ0) is 10.3. The standard InChI is InChI=1S/C11H14N2O2/c14-10-3-2-9-8(13-10)6-12-7-11(15-9)4-1-5-11/h2-3,12H,1,4-7H2,(H,13,14). The number of aromatic nitrogens is 1. The van der Waals surface area contributed by atoms with Gasteiger partial charge in [0.05, 0.1) is 0 Å². The Morgan fingerprint density at radius 2 is 2.27 bits per heavy atom. The molecule has 15 heavy (non-hydrogen) atoms. The van der Waals surface area contributed by atoms with Crippen LogP contribution in [0, 0.1) is 0 Å². The summed E-state index contributed by atoms with van der Waals surface area (Å²) in [5, 5.41) is 12.6. The summed E-state index contributed by atoms with van der Waals surface area (Å²) >= 11 is 0. The van der Waals surface area contributed by atoms with E-state index in [-0.39, 0.29) is 11.5 Å². The number of ether oxygens (including phenoxy) is 1. The van der Waals surface area contributed by atoms with Crippen molar-refractivity contribution < 1.29 is 9.84 Å². The first-order valence-electron chi connectivity index (χ1n) is 5.36. The van der Waals surface area contributed by atoms with Gasteiger partial charge in [0, 0.05) is 19.2 Å². The molecule has 1 aliphatic carbocycles. The van der Waals surface area contributed by atoms with Gasteiger partial charge in [-0.2, -0.15) is 0 Å². The van der Waals surface area contributed by atoms with E-state index in [1.807, 2.05) is 6.07 Å². The molecule has 0 bridgehead atoms. The van der Waals surface area contributed by atoms with Crippen LogP contribution in [-0.4, -0.2) is 22.2 Å². The fraction of sp³-hybridized carbons (Fsp3) is 0.545. The van der Waals surface area contributed by atoms with Crippen LogP contribution in [0.2, 0.25) is 0 Å². The molecule has 1 aromatic rings. The Morgan fingerprint density at radius 1 is 1.40 bits per heavy atom. The van der Waals surface area contributed by atoms with Crippen molar-refractivity contribution in [3.8, 4) is 11.6 Å². The van der Waals surface area contributed by atoms with Gasteiger partial charge in [0.15, 0.2) is 0 Å². The third kappa shape index (κ3) is 1.45. The Morgan fingerprint density at radius 3 is 3.00 bits per heavy atom. The normalized spacial score (nSPS) is 22.4. The Balaban J connectivity index is 1.95. The maximum absolute atomic E-state index is 9.29. The number of aromatic hydroxyl groups is 1. The maximum Gasteiger partial charge on any atom is 0.211 e. The van der Waals surface area contributed by atoms with E-state index in [4.69, 9.17) is 4.74 Å². The van der Waals surface area contributed by atoms with Gasteiger partial charge in [0.25, 0.3) is 0 Å². The van der Waals surface area contributed by atoms with Crippen LogP contribution in [0.1, 0.15) is 25.0 Å². The molecule has 0 unspecified atom stereocenters. The molecule has 0 saturated heterocycles. The Kier molecular flexibility index (Phi) is 1.85. The SMILES string of the molecule is Oc1ccc2c(n1)CNCC1(CCC1)O2. The first-order chi connectivity index (χ1) is 7.27. The van der Waals surface area contributed by atoms with Gasteiger partial charge in [-0.05, 0) is 25.3 Å². The molecule has 1 saturated carbocycles. The van der Waals surface area contributed by atoms with E-state index in [0.29, 0.717) is 6.54 Å². The van der Waals surface area contributed by atoms with E-state index >= 15 is 0 Å². The number of hydrogen-bond acceptors (Lipinski definition) is 4. The van der Waals surface area contributed by atoms with Crippen LogP contribution in [0.25, 0.3) is 0 Å². The Labute approximate surface area is 88.3 Å². The van der Waals surface area contributed by atoms with Gasteiger partial charge < -0.3 is 15.2 Å². The molecule has 4 heteroatoms. The minimum Gasteiger partial charge on any atom is -0.493 e. The lowest BCUT2D eigenvalue weighted by Gasteiger charge is -2.40. The topological polar surface area (TPSA) is 54.4 Å². The average molecular weight is 206 g/mol. The minimum absolute atomic E-state index is 0.0100. The molecule has 0 aromatic carbocycles. The fourth-order valence-corrected chi connectivity index (χ4v) is 2.22. The molecular formula is C11H14N2O2. The summed E-state index contributed by atoms with van der Waals surface area (Å²) in [6, 6.07) is 3.39. The highest BCUT2D eigenvalue weighted by Gasteiger charge is 2.40. The summed E-state index contributed by atoms with van der Waals surface area (Å²) in [7, 11) is 0. The molecule has 1 fully saturated rings. The third-order valence-electron chi connectivity index (χ3n) is 3.25.